The van der Waals surface area contributed by atoms with Crippen molar-refractivity contribution in [3.8, 4) is 0 Å². The van der Waals surface area contributed by atoms with Gasteiger partial charge < -0.3 is 9.67 Å². The molecule has 0 amide bonds. The highest BCUT2D eigenvalue weighted by Crippen LogP contribution is 2.11. The van der Waals surface area contributed by atoms with E-state index in [4.69, 9.17) is 5.11 Å². The summed E-state index contributed by atoms with van der Waals surface area (Å²) in [6, 6.07) is 1.85. The number of thioether (sulfide) groups is 1. The summed E-state index contributed by atoms with van der Waals surface area (Å²) in [5.41, 5.74) is 1.26. The zero-order valence-electron chi connectivity index (χ0n) is 8.49. The van der Waals surface area contributed by atoms with Crippen molar-refractivity contribution in [2.24, 2.45) is 0 Å². The van der Waals surface area contributed by atoms with Crippen molar-refractivity contribution in [3.05, 3.63) is 23.5 Å². The molecule has 0 saturated carbocycles. The summed E-state index contributed by atoms with van der Waals surface area (Å²) in [5, 5.41) is 8.97. The number of carboxylic acid groups (broad SMARTS) is 1. The second-order valence-electron chi connectivity index (χ2n) is 3.19. The molecular formula is C10H15NO2S. The first-order chi connectivity index (χ1) is 6.66. The molecule has 0 radical (unpaired) electrons. The van der Waals surface area contributed by atoms with E-state index >= 15 is 0 Å². The molecule has 78 valence electrons. The third-order valence-corrected chi connectivity index (χ3v) is 2.81. The number of carboxylic acids is 1. The number of aryl methyl sites for hydroxylation is 2. The van der Waals surface area contributed by atoms with Crippen molar-refractivity contribution < 1.29 is 9.90 Å². The predicted molar refractivity (Wildman–Crippen MR) is 59.1 cm³/mol. The van der Waals surface area contributed by atoms with Crippen molar-refractivity contribution in [1.29, 1.82) is 0 Å². The van der Waals surface area contributed by atoms with Crippen LogP contribution in [0.5, 0.6) is 0 Å². The van der Waals surface area contributed by atoms with Gasteiger partial charge in [-0.25, -0.2) is 4.79 Å². The van der Waals surface area contributed by atoms with Gasteiger partial charge in [-0.2, -0.15) is 11.8 Å². The van der Waals surface area contributed by atoms with Crippen LogP contribution < -0.4 is 0 Å². The van der Waals surface area contributed by atoms with Gasteiger partial charge >= 0.3 is 5.97 Å². The Balaban J connectivity index is 2.71. The quantitative estimate of drug-likeness (QED) is 0.763. The molecule has 0 unspecified atom stereocenters. The van der Waals surface area contributed by atoms with E-state index in [9.17, 15) is 4.79 Å². The summed E-state index contributed by atoms with van der Waals surface area (Å²) in [7, 11) is 0. The molecule has 0 aliphatic carbocycles. The number of hydrogen-bond acceptors (Lipinski definition) is 2. The second-order valence-corrected chi connectivity index (χ2v) is 4.18. The Bertz CT molecular complexity index is 320. The van der Waals surface area contributed by atoms with E-state index in [0.29, 0.717) is 5.69 Å². The SMILES string of the molecule is CSCCCn1ccc(C)c1C(=O)O. The first-order valence-corrected chi connectivity index (χ1v) is 5.94. The molecule has 0 saturated heterocycles. The van der Waals surface area contributed by atoms with Crippen LogP contribution in [0.1, 0.15) is 22.5 Å². The van der Waals surface area contributed by atoms with Crippen molar-refractivity contribution in [1.82, 2.24) is 4.57 Å². The summed E-state index contributed by atoms with van der Waals surface area (Å²) in [6.07, 6.45) is 4.91. The Morgan fingerprint density at radius 1 is 1.64 bits per heavy atom. The fourth-order valence-electron chi connectivity index (χ4n) is 1.44. The predicted octanol–water partition coefficient (Wildman–Crippen LogP) is 2.25. The molecule has 0 aliphatic rings. The van der Waals surface area contributed by atoms with E-state index in [1.54, 1.807) is 11.8 Å². The smallest absolute Gasteiger partial charge is 0.352 e. The fraction of sp³-hybridized carbons (Fsp3) is 0.500. The molecule has 0 aromatic carbocycles. The molecule has 0 bridgehead atoms. The summed E-state index contributed by atoms with van der Waals surface area (Å²) in [5.74, 6) is 0.229. The Labute approximate surface area is 88.1 Å². The third kappa shape index (κ3) is 2.54. The number of carbonyl (C=O) groups is 1. The van der Waals surface area contributed by atoms with E-state index in [2.05, 4.69) is 6.26 Å². The Kier molecular flexibility index (Phi) is 4.07. The zero-order chi connectivity index (χ0) is 10.6. The van der Waals surface area contributed by atoms with Gasteiger partial charge in [0.2, 0.25) is 0 Å². The number of nitrogens with zero attached hydrogens (tertiary/aromatic N) is 1. The van der Waals surface area contributed by atoms with E-state index in [-0.39, 0.29) is 0 Å². The standard InChI is InChI=1S/C10H15NO2S/c1-8-4-6-11(5-3-7-14-2)9(8)10(12)13/h4,6H,3,5,7H2,1-2H3,(H,12,13). The van der Waals surface area contributed by atoms with Crippen LogP contribution in [0.2, 0.25) is 0 Å². The first-order valence-electron chi connectivity index (χ1n) is 4.54. The van der Waals surface area contributed by atoms with Gasteiger partial charge in [0, 0.05) is 12.7 Å². The highest BCUT2D eigenvalue weighted by atomic mass is 32.2. The lowest BCUT2D eigenvalue weighted by Gasteiger charge is -2.05. The minimum absolute atomic E-state index is 0.422. The van der Waals surface area contributed by atoms with E-state index in [1.165, 1.54) is 0 Å². The van der Waals surface area contributed by atoms with Gasteiger partial charge in [-0.3, -0.25) is 0 Å². The first kappa shape index (κ1) is 11.2. The van der Waals surface area contributed by atoms with Crippen LogP contribution in [-0.4, -0.2) is 27.7 Å². The number of rotatable bonds is 5. The van der Waals surface area contributed by atoms with E-state index in [1.807, 2.05) is 23.8 Å². The topological polar surface area (TPSA) is 42.2 Å². The molecule has 3 nitrogen and oxygen atoms in total. The van der Waals surface area contributed by atoms with Crippen LogP contribution in [0.15, 0.2) is 12.3 Å². The molecule has 1 N–H and O–H groups in total. The van der Waals surface area contributed by atoms with E-state index < -0.39 is 5.97 Å². The van der Waals surface area contributed by atoms with Gasteiger partial charge in [0.25, 0.3) is 0 Å². The number of aromatic nitrogens is 1. The van der Waals surface area contributed by atoms with Crippen molar-refractivity contribution in [2.45, 2.75) is 19.9 Å². The van der Waals surface area contributed by atoms with Gasteiger partial charge in [0.15, 0.2) is 0 Å². The Morgan fingerprint density at radius 3 is 2.93 bits per heavy atom. The normalized spacial score (nSPS) is 10.4. The molecule has 0 fully saturated rings. The molecule has 1 aromatic rings. The van der Waals surface area contributed by atoms with Crippen LogP contribution in [0, 0.1) is 6.92 Å². The van der Waals surface area contributed by atoms with Gasteiger partial charge in [0.05, 0.1) is 0 Å². The largest absolute Gasteiger partial charge is 0.477 e. The van der Waals surface area contributed by atoms with Crippen LogP contribution in [0.25, 0.3) is 0 Å². The maximum atomic E-state index is 10.9. The molecule has 14 heavy (non-hydrogen) atoms. The monoisotopic (exact) mass is 213 g/mol. The maximum absolute atomic E-state index is 10.9. The van der Waals surface area contributed by atoms with Crippen molar-refractivity contribution >= 4 is 17.7 Å². The van der Waals surface area contributed by atoms with Crippen LogP contribution in [0.3, 0.4) is 0 Å². The van der Waals surface area contributed by atoms with Crippen LogP contribution in [-0.2, 0) is 6.54 Å². The van der Waals surface area contributed by atoms with Crippen molar-refractivity contribution in [3.63, 3.8) is 0 Å². The van der Waals surface area contributed by atoms with Gasteiger partial charge in [0.1, 0.15) is 5.69 Å². The maximum Gasteiger partial charge on any atom is 0.352 e. The second kappa shape index (κ2) is 5.10. The highest BCUT2D eigenvalue weighted by molar-refractivity contribution is 7.98. The van der Waals surface area contributed by atoms with Crippen LogP contribution in [0.4, 0.5) is 0 Å². The average Bonchev–Trinajstić information content (AvgIpc) is 2.47. The fourth-order valence-corrected chi connectivity index (χ4v) is 1.86. The lowest BCUT2D eigenvalue weighted by molar-refractivity contribution is 0.0684. The van der Waals surface area contributed by atoms with Crippen molar-refractivity contribution in [2.75, 3.05) is 12.0 Å². The summed E-state index contributed by atoms with van der Waals surface area (Å²) >= 11 is 1.78. The number of aromatic carboxylic acids is 1. The van der Waals surface area contributed by atoms with Gasteiger partial charge in [-0.15, -0.1) is 0 Å². The molecule has 1 rings (SSSR count). The molecule has 0 atom stereocenters. The van der Waals surface area contributed by atoms with Gasteiger partial charge in [-0.05, 0) is 37.0 Å². The lowest BCUT2D eigenvalue weighted by atomic mass is 10.3. The molecule has 1 heterocycles. The van der Waals surface area contributed by atoms with Gasteiger partial charge in [-0.1, -0.05) is 0 Å². The highest BCUT2D eigenvalue weighted by Gasteiger charge is 2.12. The summed E-state index contributed by atoms with van der Waals surface area (Å²) in [4.78, 5) is 10.9. The minimum Gasteiger partial charge on any atom is -0.477 e. The summed E-state index contributed by atoms with van der Waals surface area (Å²) < 4.78 is 1.81. The Morgan fingerprint density at radius 2 is 2.36 bits per heavy atom. The third-order valence-electron chi connectivity index (χ3n) is 2.12. The molecule has 4 heteroatoms. The molecule has 0 spiro atoms. The summed E-state index contributed by atoms with van der Waals surface area (Å²) in [6.45, 7) is 2.62. The molecular weight excluding hydrogens is 198 g/mol. The number of hydrogen-bond donors (Lipinski definition) is 1. The average molecular weight is 213 g/mol. The minimum atomic E-state index is -0.836. The van der Waals surface area contributed by atoms with Crippen LogP contribution >= 0.6 is 11.8 Å². The molecule has 0 aliphatic heterocycles. The zero-order valence-corrected chi connectivity index (χ0v) is 9.30. The van der Waals surface area contributed by atoms with E-state index in [0.717, 1.165) is 24.3 Å². The lowest BCUT2D eigenvalue weighted by Crippen LogP contribution is -2.09. The molecule has 1 aromatic heterocycles. The Hall–Kier alpha value is -0.900.